The number of hydrogen-bond acceptors (Lipinski definition) is 4. The number of nitrogens with zero attached hydrogens (tertiary/aromatic N) is 2. The number of rotatable bonds is 4. The van der Waals surface area contributed by atoms with Gasteiger partial charge in [0.15, 0.2) is 0 Å². The van der Waals surface area contributed by atoms with Crippen molar-refractivity contribution in [3.8, 4) is 0 Å². The van der Waals surface area contributed by atoms with Gasteiger partial charge in [0.25, 0.3) is 0 Å². The minimum Gasteiger partial charge on any atom is -0.466 e. The third-order valence-electron chi connectivity index (χ3n) is 4.19. The van der Waals surface area contributed by atoms with Gasteiger partial charge >= 0.3 is 0 Å². The number of carbonyl (C=O) groups is 1. The zero-order valence-electron chi connectivity index (χ0n) is 12.7. The van der Waals surface area contributed by atoms with Crippen molar-refractivity contribution in [3.63, 3.8) is 0 Å². The molecule has 2 aromatic heterocycles. The maximum atomic E-state index is 12.4. The van der Waals surface area contributed by atoms with Gasteiger partial charge in [-0.15, -0.1) is 0 Å². The Bertz CT molecular complexity index is 638. The Morgan fingerprint density at radius 3 is 2.95 bits per heavy atom. The molecule has 5 heteroatoms. The Kier molecular flexibility index (Phi) is 4.24. The largest absolute Gasteiger partial charge is 0.466 e. The van der Waals surface area contributed by atoms with Crippen LogP contribution in [0.2, 0.25) is 0 Å². The number of nitrogens with two attached hydrogens (primary N) is 1. The van der Waals surface area contributed by atoms with Crippen molar-refractivity contribution in [1.82, 2.24) is 9.88 Å². The molecule has 0 bridgehead atoms. The Morgan fingerprint density at radius 1 is 1.41 bits per heavy atom. The van der Waals surface area contributed by atoms with E-state index in [4.69, 9.17) is 10.2 Å². The van der Waals surface area contributed by atoms with Gasteiger partial charge in [-0.2, -0.15) is 0 Å². The highest BCUT2D eigenvalue weighted by atomic mass is 16.3. The summed E-state index contributed by atoms with van der Waals surface area (Å²) in [7, 11) is 0. The molecule has 0 spiro atoms. The lowest BCUT2D eigenvalue weighted by Crippen LogP contribution is -2.32. The van der Waals surface area contributed by atoms with Crippen LogP contribution in [0.3, 0.4) is 0 Å². The van der Waals surface area contributed by atoms with Crippen LogP contribution in [-0.4, -0.2) is 34.9 Å². The molecule has 1 amide bonds. The smallest absolute Gasteiger partial charge is 0.222 e. The molecular weight excluding hydrogens is 278 g/mol. The van der Waals surface area contributed by atoms with Gasteiger partial charge < -0.3 is 15.1 Å². The van der Waals surface area contributed by atoms with Gasteiger partial charge in [0, 0.05) is 37.9 Å². The van der Waals surface area contributed by atoms with Gasteiger partial charge in [-0.25, -0.2) is 0 Å². The van der Waals surface area contributed by atoms with E-state index >= 15 is 0 Å². The monoisotopic (exact) mass is 299 g/mol. The Morgan fingerprint density at radius 2 is 2.27 bits per heavy atom. The van der Waals surface area contributed by atoms with E-state index in [9.17, 15) is 4.79 Å². The van der Waals surface area contributed by atoms with Crippen LogP contribution in [0, 0.1) is 6.92 Å². The molecule has 1 saturated heterocycles. The number of pyridine rings is 1. The predicted octanol–water partition coefficient (Wildman–Crippen LogP) is 1.87. The van der Waals surface area contributed by atoms with Crippen LogP contribution in [0.1, 0.15) is 29.4 Å². The summed E-state index contributed by atoms with van der Waals surface area (Å²) in [5.74, 6) is 2.00. The normalized spacial score (nSPS) is 21.3. The van der Waals surface area contributed by atoms with Gasteiger partial charge in [-0.3, -0.25) is 9.78 Å². The van der Waals surface area contributed by atoms with Crippen molar-refractivity contribution in [3.05, 3.63) is 53.7 Å². The number of furan rings is 1. The van der Waals surface area contributed by atoms with Crippen LogP contribution in [-0.2, 0) is 11.2 Å². The highest BCUT2D eigenvalue weighted by Gasteiger charge is 2.35. The van der Waals surface area contributed by atoms with Crippen LogP contribution < -0.4 is 5.73 Å². The molecule has 1 aliphatic heterocycles. The second-order valence-electron chi connectivity index (χ2n) is 5.88. The van der Waals surface area contributed by atoms with Gasteiger partial charge in [0.1, 0.15) is 11.5 Å². The summed E-state index contributed by atoms with van der Waals surface area (Å²) in [5.41, 5.74) is 7.27. The number of hydrogen-bond donors (Lipinski definition) is 1. The molecule has 0 aromatic carbocycles. The number of likely N-dealkylation sites (tertiary alicyclic amines) is 1. The minimum absolute atomic E-state index is 0.0621. The maximum Gasteiger partial charge on any atom is 0.222 e. The molecule has 0 unspecified atom stereocenters. The molecule has 0 radical (unpaired) electrons. The summed E-state index contributed by atoms with van der Waals surface area (Å²) in [6.45, 7) is 3.15. The third kappa shape index (κ3) is 3.20. The Balaban J connectivity index is 1.58. The fraction of sp³-hybridized carbons (Fsp3) is 0.412. The topological polar surface area (TPSA) is 72.4 Å². The average Bonchev–Trinajstić information content (AvgIpc) is 3.11. The summed E-state index contributed by atoms with van der Waals surface area (Å²) in [5, 5.41) is 0. The van der Waals surface area contributed by atoms with Gasteiger partial charge in [0.2, 0.25) is 5.91 Å². The molecule has 5 nitrogen and oxygen atoms in total. The van der Waals surface area contributed by atoms with Crippen LogP contribution in [0.15, 0.2) is 41.1 Å². The van der Waals surface area contributed by atoms with E-state index in [1.807, 2.05) is 36.1 Å². The Labute approximate surface area is 130 Å². The summed E-state index contributed by atoms with van der Waals surface area (Å²) in [6, 6.07) is 7.72. The fourth-order valence-corrected chi connectivity index (χ4v) is 2.94. The molecular formula is C17H21N3O2. The van der Waals surface area contributed by atoms with Gasteiger partial charge in [-0.1, -0.05) is 6.07 Å². The first kappa shape index (κ1) is 14.8. The second kappa shape index (κ2) is 6.32. The van der Waals surface area contributed by atoms with E-state index in [1.54, 1.807) is 12.4 Å². The van der Waals surface area contributed by atoms with Crippen molar-refractivity contribution < 1.29 is 9.21 Å². The second-order valence-corrected chi connectivity index (χ2v) is 5.88. The highest BCUT2D eigenvalue weighted by molar-refractivity contribution is 5.77. The molecule has 0 saturated carbocycles. The van der Waals surface area contributed by atoms with Crippen molar-refractivity contribution in [2.75, 3.05) is 13.1 Å². The quantitative estimate of drug-likeness (QED) is 0.935. The zero-order valence-corrected chi connectivity index (χ0v) is 12.7. The molecule has 2 N–H and O–H groups in total. The van der Waals surface area contributed by atoms with E-state index in [0.717, 1.165) is 17.1 Å². The lowest BCUT2D eigenvalue weighted by Gasteiger charge is -2.15. The van der Waals surface area contributed by atoms with E-state index in [2.05, 4.69) is 4.98 Å². The molecule has 3 heterocycles. The van der Waals surface area contributed by atoms with Crippen molar-refractivity contribution in [1.29, 1.82) is 0 Å². The lowest BCUT2D eigenvalue weighted by molar-refractivity contribution is -0.130. The van der Waals surface area contributed by atoms with Crippen molar-refractivity contribution in [2.45, 2.75) is 31.7 Å². The van der Waals surface area contributed by atoms with Crippen molar-refractivity contribution in [2.24, 2.45) is 5.73 Å². The SMILES string of the molecule is Cc1ccc([C@@H]2CN(C(=O)CCc3cccnc3)C[C@H]2N)o1. The summed E-state index contributed by atoms with van der Waals surface area (Å²) < 4.78 is 5.67. The number of aryl methyl sites for hydroxylation is 2. The van der Waals surface area contributed by atoms with E-state index in [1.165, 1.54) is 0 Å². The average molecular weight is 299 g/mol. The van der Waals surface area contributed by atoms with Crippen LogP contribution >= 0.6 is 0 Å². The van der Waals surface area contributed by atoms with Gasteiger partial charge in [-0.05, 0) is 37.1 Å². The standard InChI is InChI=1S/C17H21N3O2/c1-12-4-6-16(22-12)14-10-20(11-15(14)18)17(21)7-5-13-3-2-8-19-9-13/h2-4,6,8-9,14-15H,5,7,10-11,18H2,1H3/t14-,15-/m1/s1. The van der Waals surface area contributed by atoms with E-state index in [0.29, 0.717) is 25.9 Å². The summed E-state index contributed by atoms with van der Waals surface area (Å²) in [6.07, 6.45) is 4.74. The molecule has 1 aliphatic rings. The molecule has 2 aromatic rings. The first-order valence-corrected chi connectivity index (χ1v) is 7.62. The molecule has 1 fully saturated rings. The molecule has 2 atom stereocenters. The number of amides is 1. The van der Waals surface area contributed by atoms with E-state index < -0.39 is 0 Å². The maximum absolute atomic E-state index is 12.4. The lowest BCUT2D eigenvalue weighted by atomic mass is 10.0. The number of carbonyl (C=O) groups excluding carboxylic acids is 1. The molecule has 3 rings (SSSR count). The van der Waals surface area contributed by atoms with E-state index in [-0.39, 0.29) is 17.9 Å². The molecule has 22 heavy (non-hydrogen) atoms. The summed E-state index contributed by atoms with van der Waals surface area (Å²) >= 11 is 0. The molecule has 116 valence electrons. The van der Waals surface area contributed by atoms with Crippen LogP contribution in [0.4, 0.5) is 0 Å². The highest BCUT2D eigenvalue weighted by Crippen LogP contribution is 2.28. The molecule has 0 aliphatic carbocycles. The number of aromatic nitrogens is 1. The summed E-state index contributed by atoms with van der Waals surface area (Å²) in [4.78, 5) is 18.3. The first-order chi connectivity index (χ1) is 10.6. The zero-order chi connectivity index (χ0) is 15.5. The first-order valence-electron chi connectivity index (χ1n) is 7.62. The van der Waals surface area contributed by atoms with Crippen molar-refractivity contribution >= 4 is 5.91 Å². The van der Waals surface area contributed by atoms with Crippen LogP contribution in [0.5, 0.6) is 0 Å². The van der Waals surface area contributed by atoms with Crippen LogP contribution in [0.25, 0.3) is 0 Å². The fourth-order valence-electron chi connectivity index (χ4n) is 2.94. The Hall–Kier alpha value is -2.14. The predicted molar refractivity (Wildman–Crippen MR) is 83.3 cm³/mol. The minimum atomic E-state index is -0.0621. The third-order valence-corrected chi connectivity index (χ3v) is 4.19. The van der Waals surface area contributed by atoms with Gasteiger partial charge in [0.05, 0.1) is 5.92 Å².